The number of ether oxygens (including phenoxy) is 1. The summed E-state index contributed by atoms with van der Waals surface area (Å²) in [5, 5.41) is 12.2. The Bertz CT molecular complexity index is 551. The molecule has 1 aromatic carbocycles. The molecule has 0 amide bonds. The van der Waals surface area contributed by atoms with Crippen molar-refractivity contribution < 1.29 is 27.2 Å². The number of halogens is 3. The van der Waals surface area contributed by atoms with Crippen LogP contribution >= 0.6 is 23.2 Å². The summed E-state index contributed by atoms with van der Waals surface area (Å²) in [6, 6.07) is 5.82. The molecule has 0 spiro atoms. The van der Waals surface area contributed by atoms with Crippen molar-refractivity contribution in [2.24, 2.45) is 0 Å². The summed E-state index contributed by atoms with van der Waals surface area (Å²) in [4.78, 5) is 1.45. The minimum absolute atomic E-state index is 0. The molecule has 2 N–H and O–H groups in total. The zero-order chi connectivity index (χ0) is 16.4. The monoisotopic (exact) mass is 393 g/mol. The van der Waals surface area contributed by atoms with E-state index in [2.05, 4.69) is 0 Å². The maximum atomic E-state index is 11.0. The SMILES string of the molecule is COC1CCC[NH+](CC(O)C2(c3ccc(Cl)c(Cl)c3)CCC2)C1.[Cl-]. The lowest BCUT2D eigenvalue weighted by Crippen LogP contribution is -3.15. The van der Waals surface area contributed by atoms with E-state index in [1.165, 1.54) is 11.3 Å². The third-order valence-electron chi connectivity index (χ3n) is 5.77. The van der Waals surface area contributed by atoms with Gasteiger partial charge >= 0.3 is 0 Å². The second-order valence-electron chi connectivity index (χ2n) is 7.06. The molecule has 1 aliphatic carbocycles. The smallest absolute Gasteiger partial charge is 0.112 e. The van der Waals surface area contributed by atoms with Crippen LogP contribution in [0.2, 0.25) is 10.0 Å². The van der Waals surface area contributed by atoms with E-state index in [4.69, 9.17) is 27.9 Å². The molecule has 0 aromatic heterocycles. The van der Waals surface area contributed by atoms with E-state index in [-0.39, 0.29) is 23.9 Å². The molecular weight excluding hydrogens is 369 g/mol. The highest BCUT2D eigenvalue weighted by atomic mass is 35.5. The summed E-state index contributed by atoms with van der Waals surface area (Å²) in [5.41, 5.74) is 0.978. The van der Waals surface area contributed by atoms with Crippen LogP contribution in [0.25, 0.3) is 0 Å². The van der Waals surface area contributed by atoms with Crippen molar-refractivity contribution in [1.82, 2.24) is 0 Å². The third-order valence-corrected chi connectivity index (χ3v) is 6.51. The minimum Gasteiger partial charge on any atom is -1.00 e. The topological polar surface area (TPSA) is 33.9 Å². The number of aliphatic hydroxyl groups excluding tert-OH is 1. The van der Waals surface area contributed by atoms with E-state index in [0.29, 0.717) is 16.1 Å². The van der Waals surface area contributed by atoms with Gasteiger partial charge in [-0.05, 0) is 43.4 Å². The minimum atomic E-state index is -0.348. The summed E-state index contributed by atoms with van der Waals surface area (Å²) in [6.07, 6.45) is 5.48. The molecule has 0 radical (unpaired) electrons. The first-order valence-electron chi connectivity index (χ1n) is 8.55. The van der Waals surface area contributed by atoms with Gasteiger partial charge in [0.25, 0.3) is 0 Å². The van der Waals surface area contributed by atoms with Crippen LogP contribution in [0.4, 0.5) is 0 Å². The Labute approximate surface area is 160 Å². The predicted octanol–water partition coefficient (Wildman–Crippen LogP) is -0.526. The van der Waals surface area contributed by atoms with Crippen LogP contribution in [0.15, 0.2) is 18.2 Å². The number of quaternary nitrogens is 1. The highest BCUT2D eigenvalue weighted by Crippen LogP contribution is 2.47. The van der Waals surface area contributed by atoms with Crippen LogP contribution in [0.5, 0.6) is 0 Å². The van der Waals surface area contributed by atoms with E-state index < -0.39 is 0 Å². The fourth-order valence-electron chi connectivity index (χ4n) is 4.14. The van der Waals surface area contributed by atoms with Gasteiger partial charge in [0, 0.05) is 12.5 Å². The lowest BCUT2D eigenvalue weighted by atomic mass is 9.61. The lowest BCUT2D eigenvalue weighted by molar-refractivity contribution is -0.912. The molecule has 2 aliphatic rings. The van der Waals surface area contributed by atoms with E-state index in [0.717, 1.165) is 50.9 Å². The van der Waals surface area contributed by atoms with Crippen LogP contribution in [0, 0.1) is 0 Å². The number of piperidine rings is 1. The fourth-order valence-corrected chi connectivity index (χ4v) is 4.44. The summed E-state index contributed by atoms with van der Waals surface area (Å²) in [5.74, 6) is 0. The molecule has 3 unspecified atom stereocenters. The van der Waals surface area contributed by atoms with Gasteiger partial charge in [-0.2, -0.15) is 0 Å². The number of rotatable bonds is 5. The Morgan fingerprint density at radius 3 is 2.62 bits per heavy atom. The molecule has 1 saturated heterocycles. The predicted molar refractivity (Wildman–Crippen MR) is 93.6 cm³/mol. The van der Waals surface area contributed by atoms with Gasteiger partial charge in [0.05, 0.1) is 16.6 Å². The van der Waals surface area contributed by atoms with Gasteiger partial charge in [-0.1, -0.05) is 35.7 Å². The highest BCUT2D eigenvalue weighted by Gasteiger charge is 2.47. The molecule has 1 aliphatic heterocycles. The summed E-state index contributed by atoms with van der Waals surface area (Å²) in [7, 11) is 1.78. The molecule has 1 aromatic rings. The van der Waals surface area contributed by atoms with Crippen LogP contribution in [-0.2, 0) is 10.2 Å². The van der Waals surface area contributed by atoms with Crippen LogP contribution in [0.1, 0.15) is 37.7 Å². The molecule has 3 nitrogen and oxygen atoms in total. The van der Waals surface area contributed by atoms with Gasteiger partial charge in [-0.15, -0.1) is 0 Å². The van der Waals surface area contributed by atoms with Crippen molar-refractivity contribution in [3.63, 3.8) is 0 Å². The Morgan fingerprint density at radius 1 is 1.29 bits per heavy atom. The average Bonchev–Trinajstić information content (AvgIpc) is 2.50. The van der Waals surface area contributed by atoms with E-state index in [1.807, 2.05) is 18.2 Å². The number of methoxy groups -OCH3 is 1. The fraction of sp³-hybridized carbons (Fsp3) is 0.667. The normalized spacial score (nSPS) is 27.0. The molecule has 2 fully saturated rings. The van der Waals surface area contributed by atoms with Crippen molar-refractivity contribution in [1.29, 1.82) is 0 Å². The zero-order valence-corrected chi connectivity index (χ0v) is 16.3. The number of hydrogen-bond acceptors (Lipinski definition) is 2. The van der Waals surface area contributed by atoms with Crippen molar-refractivity contribution in [2.75, 3.05) is 26.7 Å². The molecule has 1 heterocycles. The van der Waals surface area contributed by atoms with Gasteiger partial charge in [-0.3, -0.25) is 0 Å². The number of aliphatic hydroxyl groups is 1. The standard InChI is InChI=1S/C18H25Cl2NO2.ClH/c1-23-14-4-2-9-21(11-14)12-17(22)18(7-3-8-18)13-5-6-15(19)16(20)10-13;/h5-6,10,14,17,22H,2-4,7-9,11-12H2,1H3;1H. The largest absolute Gasteiger partial charge is 1.00 e. The quantitative estimate of drug-likeness (QED) is 0.704. The zero-order valence-electron chi connectivity index (χ0n) is 14.0. The van der Waals surface area contributed by atoms with Crippen molar-refractivity contribution >= 4 is 23.2 Å². The van der Waals surface area contributed by atoms with E-state index >= 15 is 0 Å². The first-order valence-corrected chi connectivity index (χ1v) is 9.31. The van der Waals surface area contributed by atoms with Crippen LogP contribution in [0.3, 0.4) is 0 Å². The average molecular weight is 395 g/mol. The molecule has 3 rings (SSSR count). The Kier molecular flexibility index (Phi) is 7.24. The third kappa shape index (κ3) is 4.03. The molecular formula is C18H26Cl3NO2. The van der Waals surface area contributed by atoms with Gasteiger partial charge in [-0.25, -0.2) is 0 Å². The van der Waals surface area contributed by atoms with Crippen molar-refractivity contribution in [3.8, 4) is 0 Å². The first-order chi connectivity index (χ1) is 11.0. The van der Waals surface area contributed by atoms with Crippen molar-refractivity contribution in [3.05, 3.63) is 33.8 Å². The second kappa shape index (κ2) is 8.57. The lowest BCUT2D eigenvalue weighted by Gasteiger charge is -2.47. The summed E-state index contributed by atoms with van der Waals surface area (Å²) < 4.78 is 5.51. The maximum Gasteiger partial charge on any atom is 0.112 e. The maximum absolute atomic E-state index is 11.0. The van der Waals surface area contributed by atoms with Crippen LogP contribution < -0.4 is 17.3 Å². The number of likely N-dealkylation sites (tertiary alicyclic amines) is 1. The summed E-state index contributed by atoms with van der Waals surface area (Å²) in [6.45, 7) is 2.89. The number of nitrogens with one attached hydrogen (secondary N) is 1. The van der Waals surface area contributed by atoms with E-state index in [1.54, 1.807) is 7.11 Å². The molecule has 24 heavy (non-hydrogen) atoms. The second-order valence-corrected chi connectivity index (χ2v) is 7.88. The summed E-state index contributed by atoms with van der Waals surface area (Å²) >= 11 is 12.2. The molecule has 136 valence electrons. The first kappa shape index (κ1) is 20.3. The van der Waals surface area contributed by atoms with E-state index in [9.17, 15) is 5.11 Å². The molecule has 6 heteroatoms. The van der Waals surface area contributed by atoms with Gasteiger partial charge < -0.3 is 27.2 Å². The number of benzene rings is 1. The molecule has 1 saturated carbocycles. The highest BCUT2D eigenvalue weighted by molar-refractivity contribution is 6.42. The Hall–Kier alpha value is -0.0300. The van der Waals surface area contributed by atoms with Gasteiger partial charge in [0.1, 0.15) is 25.3 Å². The molecule has 3 atom stereocenters. The van der Waals surface area contributed by atoms with Gasteiger partial charge in [0.15, 0.2) is 0 Å². The van der Waals surface area contributed by atoms with Crippen molar-refractivity contribution in [2.45, 2.75) is 49.7 Å². The van der Waals surface area contributed by atoms with Gasteiger partial charge in [0.2, 0.25) is 0 Å². The Balaban J connectivity index is 0.00000208. The number of hydrogen-bond donors (Lipinski definition) is 2. The Morgan fingerprint density at radius 2 is 2.04 bits per heavy atom. The van der Waals surface area contributed by atoms with Crippen LogP contribution in [-0.4, -0.2) is 44.1 Å². The molecule has 0 bridgehead atoms.